The molecule has 0 aliphatic rings. The number of benzene rings is 2. The maximum atomic E-state index is 9.96. The second kappa shape index (κ2) is 29.0. The summed E-state index contributed by atoms with van der Waals surface area (Å²) in [7, 11) is 0.628. The molecular formula is C18H26I5N4OV2. The Kier molecular flexibility index (Phi) is 35.4. The molecule has 1 aromatic heterocycles. The summed E-state index contributed by atoms with van der Waals surface area (Å²) < 4.78 is 0. The molecule has 0 saturated heterocycles. The number of hydrogen-bond acceptors (Lipinski definition) is 3. The SMILES string of the molecule is CC.CC.Nc1ccccc1NC=O.[I][V]([I])[I].[I][V][I].c1ccc2[nH]cnc2c1. The van der Waals surface area contributed by atoms with Gasteiger partial charge in [-0.1, -0.05) is 52.0 Å². The fourth-order valence-electron chi connectivity index (χ4n) is 1.57. The third-order valence-corrected chi connectivity index (χ3v) is 2.50. The summed E-state index contributed by atoms with van der Waals surface area (Å²) >= 11 is 12.1. The molecule has 3 rings (SSSR count). The number of imidazole rings is 1. The third-order valence-electron chi connectivity index (χ3n) is 2.50. The third kappa shape index (κ3) is 23.2. The van der Waals surface area contributed by atoms with Crippen LogP contribution in [-0.4, -0.2) is 16.4 Å². The molecule has 0 spiro atoms. The Labute approximate surface area is 247 Å². The van der Waals surface area contributed by atoms with Crippen LogP contribution in [-0.2, 0) is 19.2 Å². The van der Waals surface area contributed by atoms with E-state index in [1.54, 1.807) is 18.5 Å². The van der Waals surface area contributed by atoms with Gasteiger partial charge >= 0.3 is 114 Å². The number of nitrogens with zero attached hydrogens (tertiary/aromatic N) is 1. The van der Waals surface area contributed by atoms with Crippen LogP contribution < -0.4 is 11.1 Å². The van der Waals surface area contributed by atoms with Crippen molar-refractivity contribution in [2.45, 2.75) is 27.7 Å². The molecule has 1 heterocycles. The number of para-hydroxylation sites is 4. The van der Waals surface area contributed by atoms with Gasteiger partial charge in [-0.25, -0.2) is 4.98 Å². The van der Waals surface area contributed by atoms with E-state index in [-0.39, 0.29) is 4.92 Å². The van der Waals surface area contributed by atoms with E-state index in [0.717, 1.165) is 11.0 Å². The molecule has 1 amide bonds. The minimum Gasteiger partial charge on any atom is -0.345 e. The Morgan fingerprint density at radius 2 is 1.47 bits per heavy atom. The van der Waals surface area contributed by atoms with E-state index in [1.165, 1.54) is 0 Å². The number of H-pyrrole nitrogens is 1. The van der Waals surface area contributed by atoms with Gasteiger partial charge in [-0.3, -0.25) is 4.79 Å². The number of halogens is 5. The number of nitrogen functional groups attached to an aromatic ring is 1. The number of rotatable bonds is 2. The van der Waals surface area contributed by atoms with Gasteiger partial charge in [0.2, 0.25) is 6.41 Å². The molecule has 3 aromatic rings. The number of nitrogens with two attached hydrogens (primary N) is 1. The predicted octanol–water partition coefficient (Wildman–Crippen LogP) is 8.88. The number of nitrogens with one attached hydrogen (secondary N) is 2. The van der Waals surface area contributed by atoms with Crippen molar-refractivity contribution in [1.82, 2.24) is 9.97 Å². The number of hydrogen-bond donors (Lipinski definition) is 3. The average molecular weight is 1050 g/mol. The maximum absolute atomic E-state index is 9.96. The first-order valence-electron chi connectivity index (χ1n) is 8.58. The summed E-state index contributed by atoms with van der Waals surface area (Å²) in [4.78, 5) is 16.8. The number of anilines is 2. The molecule has 0 saturated carbocycles. The van der Waals surface area contributed by atoms with Crippen LogP contribution in [0.3, 0.4) is 0 Å². The zero-order valence-electron chi connectivity index (χ0n) is 17.0. The fraction of sp³-hybridized carbons (Fsp3) is 0.222. The minimum atomic E-state index is -0.278. The van der Waals surface area contributed by atoms with Crippen molar-refractivity contribution in [3.05, 3.63) is 54.9 Å². The standard InChI is InChI=1S/C7H8N2O.C7H6N2.2C2H6.5HI.2V/c8-6-3-1-2-4-7(6)9-5-10;1-2-4-7-6(3-1)8-5-9-7;2*1-2;;;;;;;/h1-5H,8H2,(H,9,10);1-5H,(H,8,9);2*1-2H3;5*1H;;/q;;;;;;;;;+2;+3/p-5. The molecule has 30 heavy (non-hydrogen) atoms. The molecule has 0 aliphatic heterocycles. The second-order valence-electron chi connectivity index (χ2n) is 4.02. The van der Waals surface area contributed by atoms with Crippen LogP contribution in [0.25, 0.3) is 11.0 Å². The summed E-state index contributed by atoms with van der Waals surface area (Å²) in [6.07, 6.45) is 2.30. The second-order valence-corrected chi connectivity index (χ2v) is 51.2. The molecule has 0 bridgehead atoms. The van der Waals surface area contributed by atoms with Crippen molar-refractivity contribution in [2.24, 2.45) is 0 Å². The maximum Gasteiger partial charge on any atom is 0.0931 e. The molecule has 4 N–H and O–H groups in total. The van der Waals surface area contributed by atoms with E-state index in [1.807, 2.05) is 64.1 Å². The number of carbonyl (C=O) groups excluding carboxylic acids is 1. The van der Waals surface area contributed by atoms with Gasteiger partial charge in [-0.05, 0) is 24.3 Å². The topological polar surface area (TPSA) is 83.8 Å². The van der Waals surface area contributed by atoms with Gasteiger partial charge in [0.1, 0.15) is 0 Å². The van der Waals surface area contributed by atoms with Crippen molar-refractivity contribution in [1.29, 1.82) is 0 Å². The zero-order valence-corrected chi connectivity index (χ0v) is 30.6. The van der Waals surface area contributed by atoms with E-state index in [4.69, 9.17) is 5.73 Å². The van der Waals surface area contributed by atoms with Crippen LogP contribution in [0.4, 0.5) is 11.4 Å². The predicted molar refractivity (Wildman–Crippen MR) is 169 cm³/mol. The van der Waals surface area contributed by atoms with Crippen LogP contribution in [0.2, 0.25) is 0 Å². The first kappa shape index (κ1) is 36.6. The van der Waals surface area contributed by atoms with Gasteiger partial charge in [0, 0.05) is 0 Å². The molecule has 0 fully saturated rings. The smallest absolute Gasteiger partial charge is 0.0931 e. The summed E-state index contributed by atoms with van der Waals surface area (Å²) in [5, 5.41) is 2.47. The van der Waals surface area contributed by atoms with Gasteiger partial charge < -0.3 is 16.0 Å². The average Bonchev–Trinajstić information content (AvgIpc) is 3.23. The molecule has 0 radical (unpaired) electrons. The normalized spacial score (nSPS) is 8.07. The van der Waals surface area contributed by atoms with Gasteiger partial charge in [-0.15, -0.1) is 0 Å². The Bertz CT molecular complexity index is 718. The minimum absolute atomic E-state index is 0.278. The van der Waals surface area contributed by atoms with Crippen molar-refractivity contribution in [3.63, 3.8) is 0 Å². The molecule has 169 valence electrons. The monoisotopic (exact) mass is 1050 g/mol. The molecule has 0 unspecified atom stereocenters. The fourth-order valence-corrected chi connectivity index (χ4v) is 1.57. The van der Waals surface area contributed by atoms with Gasteiger partial charge in [0.05, 0.1) is 28.7 Å². The zero-order chi connectivity index (χ0) is 23.8. The largest absolute Gasteiger partial charge is 0.345 e. The Hall–Kier alpha value is 2.00. The summed E-state index contributed by atoms with van der Waals surface area (Å²) in [6.45, 7) is 8.00. The quantitative estimate of drug-likeness (QED) is 0.136. The van der Waals surface area contributed by atoms with E-state index in [0.29, 0.717) is 27.3 Å². The Balaban J connectivity index is -0.000000334. The Morgan fingerprint density at radius 3 is 1.93 bits per heavy atom. The molecule has 12 heteroatoms. The van der Waals surface area contributed by atoms with Crippen LogP contribution in [0.5, 0.6) is 0 Å². The summed E-state index contributed by atoms with van der Waals surface area (Å²) in [5.74, 6) is 0. The van der Waals surface area contributed by atoms with E-state index >= 15 is 0 Å². The molecule has 2 aromatic carbocycles. The van der Waals surface area contributed by atoms with Gasteiger partial charge in [-0.2, -0.15) is 0 Å². The number of carbonyl (C=O) groups is 1. The van der Waals surface area contributed by atoms with Gasteiger partial charge in [0.15, 0.2) is 0 Å². The van der Waals surface area contributed by atoms with Crippen molar-refractivity contribution in [3.8, 4) is 0 Å². The number of aromatic amines is 1. The number of aromatic nitrogens is 2. The summed E-state index contributed by atoms with van der Waals surface area (Å²) in [5.41, 5.74) is 8.83. The van der Waals surface area contributed by atoms with Crippen LogP contribution in [0.15, 0.2) is 54.9 Å². The van der Waals surface area contributed by atoms with Crippen molar-refractivity contribution < 1.29 is 19.2 Å². The Morgan fingerprint density at radius 1 is 1.00 bits per heavy atom. The number of fused-ring (bicyclic) bond motifs is 1. The van der Waals surface area contributed by atoms with Crippen LogP contribution in [0, 0.1) is 0 Å². The van der Waals surface area contributed by atoms with Gasteiger partial charge in [0.25, 0.3) is 0 Å². The molecular weight excluding hydrogens is 1020 g/mol. The van der Waals surface area contributed by atoms with Crippen LogP contribution >= 0.6 is 99.9 Å². The van der Waals surface area contributed by atoms with E-state index in [2.05, 4.69) is 115 Å². The molecule has 5 nitrogen and oxygen atoms in total. The first-order valence-corrected chi connectivity index (χ1v) is 31.1. The van der Waals surface area contributed by atoms with E-state index < -0.39 is 0 Å². The van der Waals surface area contributed by atoms with Crippen LogP contribution in [0.1, 0.15) is 27.7 Å². The first-order chi connectivity index (χ1) is 14.5. The number of amides is 1. The molecule has 0 atom stereocenters. The van der Waals surface area contributed by atoms with E-state index in [9.17, 15) is 4.79 Å². The molecule has 0 aliphatic carbocycles. The van der Waals surface area contributed by atoms with Crippen molar-refractivity contribution in [2.75, 3.05) is 11.1 Å². The summed E-state index contributed by atoms with van der Waals surface area (Å²) in [6, 6.07) is 15.0. The van der Waals surface area contributed by atoms with Crippen molar-refractivity contribution >= 4 is 129 Å².